The minimum absolute atomic E-state index is 0.134. The van der Waals surface area contributed by atoms with Gasteiger partial charge in [0.25, 0.3) is 0 Å². The van der Waals surface area contributed by atoms with Gasteiger partial charge in [0.1, 0.15) is 18.5 Å². The van der Waals surface area contributed by atoms with E-state index in [9.17, 15) is 5.26 Å². The number of nitriles is 2. The lowest BCUT2D eigenvalue weighted by Crippen LogP contribution is -2.21. The second-order valence-corrected chi connectivity index (χ2v) is 5.71. The Morgan fingerprint density at radius 1 is 1.33 bits per heavy atom. The van der Waals surface area contributed by atoms with Gasteiger partial charge in [0, 0.05) is 17.1 Å². The van der Waals surface area contributed by atoms with Crippen LogP contribution in [0.1, 0.15) is 30.8 Å². The van der Waals surface area contributed by atoms with Crippen molar-refractivity contribution < 1.29 is 0 Å². The molecule has 1 heterocycles. The summed E-state index contributed by atoms with van der Waals surface area (Å²) in [5.74, 6) is 0. The fourth-order valence-electron chi connectivity index (χ4n) is 1.90. The molecule has 1 aromatic carbocycles. The lowest BCUT2D eigenvalue weighted by molar-refractivity contribution is 0.588. The molecule has 0 spiro atoms. The Morgan fingerprint density at radius 3 is 2.67 bits per heavy atom. The molecule has 2 rings (SSSR count). The van der Waals surface area contributed by atoms with Crippen molar-refractivity contribution in [1.29, 1.82) is 10.5 Å². The molecule has 5 nitrogen and oxygen atoms in total. The summed E-state index contributed by atoms with van der Waals surface area (Å²) < 4.78 is 2.46. The summed E-state index contributed by atoms with van der Waals surface area (Å²) in [6, 6.07) is 10.3. The molecule has 6 heteroatoms. The molecule has 0 fully saturated rings. The second kappa shape index (κ2) is 6.53. The standard InChI is InChI=1S/C15H14BrN5/c1-10(2)19-8-11-3-4-14(12(16)5-11)21-9-20-13(6-17)15(21)7-18/h3-5,9-10,19H,8H2,1-2H3. The predicted molar refractivity (Wildman–Crippen MR) is 82.7 cm³/mol. The van der Waals surface area contributed by atoms with E-state index in [4.69, 9.17) is 5.26 Å². The third-order valence-corrected chi connectivity index (χ3v) is 3.60. The first kappa shape index (κ1) is 15.2. The second-order valence-electron chi connectivity index (χ2n) is 4.86. The normalized spacial score (nSPS) is 10.4. The molecule has 0 saturated heterocycles. The third-order valence-electron chi connectivity index (χ3n) is 2.97. The third kappa shape index (κ3) is 3.30. The summed E-state index contributed by atoms with van der Waals surface area (Å²) in [6.07, 6.45) is 1.49. The molecule has 0 aliphatic rings. The summed E-state index contributed by atoms with van der Waals surface area (Å²) in [5, 5.41) is 21.5. The topological polar surface area (TPSA) is 77.4 Å². The Kier molecular flexibility index (Phi) is 4.74. The van der Waals surface area contributed by atoms with Crippen molar-refractivity contribution in [3.05, 3.63) is 46.0 Å². The maximum absolute atomic E-state index is 9.18. The molecule has 1 N–H and O–H groups in total. The van der Waals surface area contributed by atoms with E-state index in [1.807, 2.05) is 30.3 Å². The lowest BCUT2D eigenvalue weighted by atomic mass is 10.2. The minimum Gasteiger partial charge on any atom is -0.310 e. The maximum Gasteiger partial charge on any atom is 0.177 e. The molecule has 21 heavy (non-hydrogen) atoms. The number of hydrogen-bond donors (Lipinski definition) is 1. The van der Waals surface area contributed by atoms with Crippen molar-refractivity contribution in [1.82, 2.24) is 14.9 Å². The molecule has 0 aliphatic heterocycles. The summed E-state index contributed by atoms with van der Waals surface area (Å²) in [4.78, 5) is 3.95. The number of rotatable bonds is 4. The van der Waals surface area contributed by atoms with Crippen molar-refractivity contribution in [2.75, 3.05) is 0 Å². The number of halogens is 1. The Labute approximate surface area is 132 Å². The molecule has 2 aromatic rings. The van der Waals surface area contributed by atoms with E-state index < -0.39 is 0 Å². The van der Waals surface area contributed by atoms with Crippen molar-refractivity contribution in [3.8, 4) is 17.8 Å². The van der Waals surface area contributed by atoms with Crippen LogP contribution in [0.3, 0.4) is 0 Å². The number of nitrogens with zero attached hydrogens (tertiary/aromatic N) is 4. The lowest BCUT2D eigenvalue weighted by Gasteiger charge is -2.11. The van der Waals surface area contributed by atoms with E-state index in [1.54, 1.807) is 4.57 Å². The maximum atomic E-state index is 9.18. The van der Waals surface area contributed by atoms with Crippen molar-refractivity contribution in [2.45, 2.75) is 26.4 Å². The Balaban J connectivity index is 2.36. The number of hydrogen-bond acceptors (Lipinski definition) is 4. The van der Waals surface area contributed by atoms with Crippen LogP contribution in [0.15, 0.2) is 29.0 Å². The fourth-order valence-corrected chi connectivity index (χ4v) is 2.51. The van der Waals surface area contributed by atoms with E-state index >= 15 is 0 Å². The zero-order valence-corrected chi connectivity index (χ0v) is 13.3. The van der Waals surface area contributed by atoms with Gasteiger partial charge >= 0.3 is 0 Å². The summed E-state index contributed by atoms with van der Waals surface area (Å²) in [7, 11) is 0. The van der Waals surface area contributed by atoms with Gasteiger partial charge < -0.3 is 5.32 Å². The number of nitrogens with one attached hydrogen (secondary N) is 1. The van der Waals surface area contributed by atoms with Crippen LogP contribution in [0, 0.1) is 22.7 Å². The van der Waals surface area contributed by atoms with Gasteiger partial charge in [-0.05, 0) is 33.6 Å². The van der Waals surface area contributed by atoms with Gasteiger partial charge in [-0.15, -0.1) is 0 Å². The average molecular weight is 344 g/mol. The van der Waals surface area contributed by atoms with Crippen LogP contribution in [0.4, 0.5) is 0 Å². The van der Waals surface area contributed by atoms with Crippen LogP contribution < -0.4 is 5.32 Å². The highest BCUT2D eigenvalue weighted by molar-refractivity contribution is 9.10. The van der Waals surface area contributed by atoms with E-state index in [-0.39, 0.29) is 11.4 Å². The van der Waals surface area contributed by atoms with Crippen LogP contribution in [0.5, 0.6) is 0 Å². The number of imidazole rings is 1. The molecule has 0 unspecified atom stereocenters. The minimum atomic E-state index is 0.134. The molecular formula is C15H14BrN5. The van der Waals surface area contributed by atoms with E-state index in [1.165, 1.54) is 6.33 Å². The Morgan fingerprint density at radius 2 is 2.10 bits per heavy atom. The molecule has 0 atom stereocenters. The Bertz CT molecular complexity index is 733. The van der Waals surface area contributed by atoms with E-state index in [0.717, 1.165) is 22.3 Å². The van der Waals surface area contributed by atoms with Crippen LogP contribution in [0.2, 0.25) is 0 Å². The number of benzene rings is 1. The van der Waals surface area contributed by atoms with Gasteiger partial charge in [-0.2, -0.15) is 10.5 Å². The molecule has 0 aliphatic carbocycles. The molecule has 0 amide bonds. The highest BCUT2D eigenvalue weighted by Crippen LogP contribution is 2.24. The molecular weight excluding hydrogens is 330 g/mol. The van der Waals surface area contributed by atoms with Gasteiger partial charge in [-0.3, -0.25) is 4.57 Å². The predicted octanol–water partition coefficient (Wildman–Crippen LogP) is 2.88. The van der Waals surface area contributed by atoms with Gasteiger partial charge in [0.2, 0.25) is 0 Å². The number of aromatic nitrogens is 2. The van der Waals surface area contributed by atoms with E-state index in [2.05, 4.69) is 40.1 Å². The fraction of sp³-hybridized carbons (Fsp3) is 0.267. The van der Waals surface area contributed by atoms with Crippen molar-refractivity contribution in [3.63, 3.8) is 0 Å². The quantitative estimate of drug-likeness (QED) is 0.925. The van der Waals surface area contributed by atoms with Crippen molar-refractivity contribution >= 4 is 15.9 Å². The Hall–Kier alpha value is -2.15. The first-order chi connectivity index (χ1) is 10.1. The molecule has 106 valence electrons. The molecule has 0 saturated carbocycles. The van der Waals surface area contributed by atoms with Crippen LogP contribution >= 0.6 is 15.9 Å². The monoisotopic (exact) mass is 343 g/mol. The van der Waals surface area contributed by atoms with Crippen LogP contribution in [-0.4, -0.2) is 15.6 Å². The summed E-state index contributed by atoms with van der Waals surface area (Å²) in [6.45, 7) is 4.96. The van der Waals surface area contributed by atoms with Gasteiger partial charge in [-0.1, -0.05) is 19.9 Å². The highest BCUT2D eigenvalue weighted by atomic mass is 79.9. The SMILES string of the molecule is CC(C)NCc1ccc(-n2cnc(C#N)c2C#N)c(Br)c1. The van der Waals surface area contributed by atoms with Crippen LogP contribution in [-0.2, 0) is 6.54 Å². The summed E-state index contributed by atoms with van der Waals surface area (Å²) in [5.41, 5.74) is 2.30. The van der Waals surface area contributed by atoms with Crippen molar-refractivity contribution in [2.24, 2.45) is 0 Å². The van der Waals surface area contributed by atoms with Gasteiger partial charge in [0.05, 0.1) is 5.69 Å². The zero-order valence-electron chi connectivity index (χ0n) is 11.8. The molecule has 0 radical (unpaired) electrons. The first-order valence-corrected chi connectivity index (χ1v) is 7.25. The van der Waals surface area contributed by atoms with Gasteiger partial charge in [-0.25, -0.2) is 4.98 Å². The molecule has 0 bridgehead atoms. The average Bonchev–Trinajstić information content (AvgIpc) is 2.87. The van der Waals surface area contributed by atoms with E-state index in [0.29, 0.717) is 6.04 Å². The smallest absolute Gasteiger partial charge is 0.177 e. The largest absolute Gasteiger partial charge is 0.310 e. The molecule has 1 aromatic heterocycles. The zero-order chi connectivity index (χ0) is 15.4. The van der Waals surface area contributed by atoms with Gasteiger partial charge in [0.15, 0.2) is 11.4 Å². The summed E-state index contributed by atoms with van der Waals surface area (Å²) >= 11 is 3.52. The van der Waals surface area contributed by atoms with Crippen LogP contribution in [0.25, 0.3) is 5.69 Å². The first-order valence-electron chi connectivity index (χ1n) is 6.46. The highest BCUT2D eigenvalue weighted by Gasteiger charge is 2.13.